The lowest BCUT2D eigenvalue weighted by Crippen LogP contribution is -2.53. The van der Waals surface area contributed by atoms with Crippen molar-refractivity contribution in [2.75, 3.05) is 20.8 Å². The quantitative estimate of drug-likeness (QED) is 0.411. The van der Waals surface area contributed by atoms with Crippen LogP contribution >= 0.6 is 11.6 Å². The molecule has 210 valence electrons. The Hall–Kier alpha value is -3.64. The average molecular weight is 571 g/mol. The van der Waals surface area contributed by atoms with Crippen LogP contribution in [-0.4, -0.2) is 66.2 Å². The number of benzene rings is 2. The van der Waals surface area contributed by atoms with Crippen LogP contribution in [0.25, 0.3) is 11.1 Å². The van der Waals surface area contributed by atoms with Crippen LogP contribution in [0.1, 0.15) is 25.5 Å². The minimum atomic E-state index is -5.08. The largest absolute Gasteiger partial charge is 0.496 e. The first-order valence-corrected chi connectivity index (χ1v) is 12.0. The Bertz CT molecular complexity index is 1300. The van der Waals surface area contributed by atoms with E-state index in [0.717, 1.165) is 16.7 Å². The predicted molar refractivity (Wildman–Crippen MR) is 133 cm³/mol. The molecular formula is C26H26ClF3N2O7. The predicted octanol–water partition coefficient (Wildman–Crippen LogP) is 3.85. The molecule has 2 fully saturated rings. The molecule has 9 nitrogen and oxygen atoms in total. The summed E-state index contributed by atoms with van der Waals surface area (Å²) in [6.45, 7) is 3.63. The van der Waals surface area contributed by atoms with Crippen molar-refractivity contribution in [3.05, 3.63) is 53.1 Å². The second-order valence-corrected chi connectivity index (χ2v) is 9.45. The van der Waals surface area contributed by atoms with Crippen LogP contribution < -0.4 is 10.1 Å². The number of hydrogen-bond donors (Lipinski definition) is 2. The van der Waals surface area contributed by atoms with Crippen molar-refractivity contribution in [3.8, 4) is 16.9 Å². The molecule has 2 aromatic carbocycles. The van der Waals surface area contributed by atoms with Crippen molar-refractivity contribution in [2.45, 2.75) is 31.6 Å². The summed E-state index contributed by atoms with van der Waals surface area (Å²) in [6, 6.07) is 12.5. The van der Waals surface area contributed by atoms with Gasteiger partial charge in [0.25, 0.3) is 0 Å². The highest BCUT2D eigenvalue weighted by atomic mass is 35.5. The molecule has 2 saturated heterocycles. The van der Waals surface area contributed by atoms with Gasteiger partial charge in [-0.1, -0.05) is 35.9 Å². The summed E-state index contributed by atoms with van der Waals surface area (Å²) in [7, 11) is 2.85. The Kier molecular flexibility index (Phi) is 8.61. The fraction of sp³-hybridized carbons (Fsp3) is 0.385. The molecule has 0 saturated carbocycles. The average Bonchev–Trinajstić information content (AvgIpc) is 3.35. The first-order valence-electron chi connectivity index (χ1n) is 11.7. The second kappa shape index (κ2) is 11.2. The Morgan fingerprint density at radius 3 is 2.28 bits per heavy atom. The molecule has 0 spiro atoms. The van der Waals surface area contributed by atoms with Crippen LogP contribution in [0.2, 0.25) is 5.02 Å². The number of nitrogens with one attached hydrogen (secondary N) is 1. The Morgan fingerprint density at radius 1 is 1.13 bits per heavy atom. The Balaban J connectivity index is 0.000000532. The zero-order valence-electron chi connectivity index (χ0n) is 21.3. The summed E-state index contributed by atoms with van der Waals surface area (Å²) in [5, 5.41) is 11.0. The first kappa shape index (κ1) is 29.9. The van der Waals surface area contributed by atoms with E-state index in [1.54, 1.807) is 27.0 Å². The van der Waals surface area contributed by atoms with Gasteiger partial charge in [0.05, 0.1) is 26.1 Å². The van der Waals surface area contributed by atoms with E-state index < -0.39 is 41.5 Å². The monoisotopic (exact) mass is 570 g/mol. The zero-order valence-corrected chi connectivity index (χ0v) is 22.1. The lowest BCUT2D eigenvalue weighted by Gasteiger charge is -2.28. The van der Waals surface area contributed by atoms with Crippen molar-refractivity contribution in [2.24, 2.45) is 11.8 Å². The van der Waals surface area contributed by atoms with E-state index in [4.69, 9.17) is 31.0 Å². The fourth-order valence-electron chi connectivity index (χ4n) is 4.99. The summed E-state index contributed by atoms with van der Waals surface area (Å²) >= 11 is 6.15. The zero-order chi connectivity index (χ0) is 29.3. The van der Waals surface area contributed by atoms with Crippen molar-refractivity contribution >= 4 is 35.4 Å². The number of alkyl halides is 3. The molecule has 4 atom stereocenters. The van der Waals surface area contributed by atoms with Crippen LogP contribution in [0.15, 0.2) is 42.5 Å². The molecule has 0 aliphatic carbocycles. The minimum Gasteiger partial charge on any atom is -0.496 e. The number of amides is 2. The molecule has 2 heterocycles. The van der Waals surface area contributed by atoms with Crippen LogP contribution in [0, 0.1) is 11.8 Å². The minimum absolute atomic E-state index is 0.256. The normalized spacial score (nSPS) is 24.1. The molecular weight excluding hydrogens is 545 g/mol. The number of carbonyl (C=O) groups excluding carboxylic acids is 3. The van der Waals surface area contributed by atoms with Gasteiger partial charge in [-0.15, -0.1) is 0 Å². The van der Waals surface area contributed by atoms with Gasteiger partial charge in [0.15, 0.2) is 0 Å². The Morgan fingerprint density at radius 2 is 1.77 bits per heavy atom. The Labute approximate surface area is 226 Å². The number of methoxy groups -OCH3 is 2. The second-order valence-electron chi connectivity index (χ2n) is 9.01. The number of rotatable bonds is 5. The molecule has 2 aliphatic heterocycles. The lowest BCUT2D eigenvalue weighted by molar-refractivity contribution is -0.192. The van der Waals surface area contributed by atoms with Crippen molar-refractivity contribution < 1.29 is 46.9 Å². The molecule has 0 unspecified atom stereocenters. The van der Waals surface area contributed by atoms with E-state index in [-0.39, 0.29) is 18.4 Å². The number of hydrogen-bond acceptors (Lipinski definition) is 7. The van der Waals surface area contributed by atoms with Gasteiger partial charge in [0.2, 0.25) is 11.8 Å². The third-order valence-electron chi connectivity index (χ3n) is 6.77. The number of esters is 1. The number of nitrogens with zero attached hydrogens (tertiary/aromatic N) is 1. The fourth-order valence-corrected chi connectivity index (χ4v) is 5.18. The molecule has 39 heavy (non-hydrogen) atoms. The highest BCUT2D eigenvalue weighted by Gasteiger charge is 2.66. The van der Waals surface area contributed by atoms with Gasteiger partial charge in [-0.3, -0.25) is 24.6 Å². The van der Waals surface area contributed by atoms with E-state index in [1.165, 1.54) is 12.0 Å². The molecule has 2 N–H and O–H groups in total. The molecule has 4 rings (SSSR count). The van der Waals surface area contributed by atoms with E-state index in [0.29, 0.717) is 10.8 Å². The number of halogens is 4. The number of fused-ring (bicyclic) bond motifs is 1. The number of likely N-dealkylation sites (tertiary alicyclic amines) is 1. The van der Waals surface area contributed by atoms with Gasteiger partial charge in [0, 0.05) is 23.2 Å². The number of imide groups is 1. The van der Waals surface area contributed by atoms with Gasteiger partial charge in [-0.25, -0.2) is 4.79 Å². The summed E-state index contributed by atoms with van der Waals surface area (Å²) in [4.78, 5) is 49.0. The standard InChI is InChI=1S/C24H25ClN2O5.C2HF3O2/c1-5-27-21(28)18-19(22(27)29)24(2,23(30)32-4)26-20(18)14-9-10-16(17(12-14)31-3)13-7-6-8-15(25)11-13;3-2(4,5)1(6)7/h6-12,18-20,26H,5H2,1-4H3;(H,6,7)/t18-,19-,20-,24-;/m1./s1. The SMILES string of the molecule is CCN1C(=O)[C@H]2[C@@H](c3ccc(-c4cccc(Cl)c4)c(OC)c3)N[C@@](C)(C(=O)OC)[C@H]2C1=O.O=C(O)C(F)(F)F. The van der Waals surface area contributed by atoms with Crippen molar-refractivity contribution in [3.63, 3.8) is 0 Å². The highest BCUT2D eigenvalue weighted by molar-refractivity contribution is 6.30. The van der Waals surface area contributed by atoms with Gasteiger partial charge in [-0.05, 0) is 43.2 Å². The van der Waals surface area contributed by atoms with Crippen LogP contribution in [0.5, 0.6) is 5.75 Å². The van der Waals surface area contributed by atoms with Crippen molar-refractivity contribution in [1.29, 1.82) is 0 Å². The first-order chi connectivity index (χ1) is 18.2. The maximum atomic E-state index is 13.2. The van der Waals surface area contributed by atoms with Crippen LogP contribution in [0.4, 0.5) is 13.2 Å². The molecule has 0 aromatic heterocycles. The van der Waals surface area contributed by atoms with Crippen LogP contribution in [-0.2, 0) is 23.9 Å². The van der Waals surface area contributed by atoms with Crippen molar-refractivity contribution in [1.82, 2.24) is 10.2 Å². The maximum Gasteiger partial charge on any atom is 0.490 e. The third kappa shape index (κ3) is 5.57. The van der Waals surface area contributed by atoms with E-state index in [1.807, 2.05) is 36.4 Å². The number of carboxylic acid groups (broad SMARTS) is 1. The smallest absolute Gasteiger partial charge is 0.490 e. The number of ether oxygens (including phenoxy) is 2. The van der Waals surface area contributed by atoms with Crippen LogP contribution in [0.3, 0.4) is 0 Å². The van der Waals surface area contributed by atoms with E-state index in [9.17, 15) is 27.6 Å². The number of aliphatic carboxylic acids is 1. The van der Waals surface area contributed by atoms with E-state index in [2.05, 4.69) is 5.32 Å². The molecule has 2 aliphatic rings. The molecule has 13 heteroatoms. The summed E-state index contributed by atoms with van der Waals surface area (Å²) in [5.74, 6) is -4.93. The van der Waals surface area contributed by atoms with E-state index >= 15 is 0 Å². The lowest BCUT2D eigenvalue weighted by atomic mass is 9.80. The molecule has 2 amide bonds. The molecule has 0 radical (unpaired) electrons. The van der Waals surface area contributed by atoms with Gasteiger partial charge in [0.1, 0.15) is 11.3 Å². The number of carbonyl (C=O) groups is 4. The molecule has 2 aromatic rings. The van der Waals surface area contributed by atoms with Gasteiger partial charge >= 0.3 is 18.1 Å². The third-order valence-corrected chi connectivity index (χ3v) is 7.00. The highest BCUT2D eigenvalue weighted by Crippen LogP contribution is 2.49. The van der Waals surface area contributed by atoms with Gasteiger partial charge < -0.3 is 14.6 Å². The molecule has 0 bridgehead atoms. The maximum absolute atomic E-state index is 13.2. The summed E-state index contributed by atoms with van der Waals surface area (Å²) in [6.07, 6.45) is -5.08. The van der Waals surface area contributed by atoms with Gasteiger partial charge in [-0.2, -0.15) is 13.2 Å². The summed E-state index contributed by atoms with van der Waals surface area (Å²) in [5.41, 5.74) is 1.16. The number of carboxylic acids is 1. The summed E-state index contributed by atoms with van der Waals surface area (Å²) < 4.78 is 42.4. The topological polar surface area (TPSA) is 122 Å².